The first kappa shape index (κ1) is 42.8. The Morgan fingerprint density at radius 3 is 0.903 bits per heavy atom. The zero-order chi connectivity index (χ0) is 42.8. The second-order valence-corrected chi connectivity index (χ2v) is 16.8. The summed E-state index contributed by atoms with van der Waals surface area (Å²) in [6, 6.07) is 43.0. The van der Waals surface area contributed by atoms with Crippen molar-refractivity contribution in [2.75, 3.05) is 39.6 Å². The molecule has 0 atom stereocenters. The van der Waals surface area contributed by atoms with Crippen LogP contribution in [0.1, 0.15) is 101 Å². The molecule has 0 radical (unpaired) electrons. The van der Waals surface area contributed by atoms with Crippen LogP contribution in [0, 0.1) is 0 Å². The average Bonchev–Trinajstić information content (AvgIpc) is 3.32. The predicted molar refractivity (Wildman–Crippen MR) is 252 cm³/mol. The maximum Gasteiger partial charge on any atom is 0.126 e. The quantitative estimate of drug-likeness (QED) is 0.0715. The molecule has 62 heavy (non-hydrogen) atoms. The summed E-state index contributed by atoms with van der Waals surface area (Å²) in [7, 11) is 0. The van der Waals surface area contributed by atoms with Gasteiger partial charge < -0.3 is 28.4 Å². The summed E-state index contributed by atoms with van der Waals surface area (Å²) in [5, 5.41) is 4.35. The van der Waals surface area contributed by atoms with Crippen molar-refractivity contribution in [1.82, 2.24) is 0 Å². The van der Waals surface area contributed by atoms with Crippen LogP contribution in [0.25, 0.3) is 22.9 Å². The molecule has 0 saturated heterocycles. The maximum absolute atomic E-state index is 6.83. The minimum atomic E-state index is -0.576. The fourth-order valence-electron chi connectivity index (χ4n) is 8.65. The summed E-state index contributed by atoms with van der Waals surface area (Å²) < 4.78 is 38.1. The molecule has 0 unspecified atom stereocenters. The SMILES string of the molecule is CCCCOc1ccc(C2(c3ccc(OCCCC)cc3)C=c3c(ccc4c5c(ccc34)OCC(c3ccc(OCCCC)cc3)(c3ccc(OCCCC)cc3)C=5)OC2)cc1. The van der Waals surface area contributed by atoms with Gasteiger partial charge in [0.1, 0.15) is 47.7 Å². The fourth-order valence-corrected chi connectivity index (χ4v) is 8.65. The highest BCUT2D eigenvalue weighted by molar-refractivity contribution is 5.90. The third kappa shape index (κ3) is 9.02. The molecule has 6 aromatic rings. The molecule has 0 N–H and O–H groups in total. The molecule has 6 heteroatoms. The number of rotatable bonds is 20. The van der Waals surface area contributed by atoms with Gasteiger partial charge in [0.15, 0.2) is 0 Å². The summed E-state index contributed by atoms with van der Waals surface area (Å²) in [5.41, 5.74) is 3.40. The molecule has 0 fully saturated rings. The molecule has 6 nitrogen and oxygen atoms in total. The van der Waals surface area contributed by atoms with E-state index in [1.54, 1.807) is 0 Å². The van der Waals surface area contributed by atoms with Gasteiger partial charge >= 0.3 is 0 Å². The second kappa shape index (κ2) is 19.9. The zero-order valence-corrected chi connectivity index (χ0v) is 37.1. The van der Waals surface area contributed by atoms with Crippen LogP contribution in [-0.2, 0) is 10.8 Å². The summed E-state index contributed by atoms with van der Waals surface area (Å²) in [4.78, 5) is 0. The molecule has 8 rings (SSSR count). The molecule has 0 spiro atoms. The lowest BCUT2D eigenvalue weighted by molar-refractivity contribution is 0.265. The smallest absolute Gasteiger partial charge is 0.126 e. The van der Waals surface area contributed by atoms with Gasteiger partial charge in [-0.2, -0.15) is 0 Å². The Labute approximate surface area is 368 Å². The lowest BCUT2D eigenvalue weighted by Gasteiger charge is -2.36. The third-order valence-corrected chi connectivity index (χ3v) is 12.4. The Hall–Kier alpha value is -5.88. The highest BCUT2D eigenvalue weighted by atomic mass is 16.5. The topological polar surface area (TPSA) is 55.4 Å². The first-order valence-corrected chi connectivity index (χ1v) is 23.0. The van der Waals surface area contributed by atoms with Crippen LogP contribution in [0.3, 0.4) is 0 Å². The van der Waals surface area contributed by atoms with Crippen molar-refractivity contribution in [1.29, 1.82) is 0 Å². The van der Waals surface area contributed by atoms with E-state index < -0.39 is 10.8 Å². The normalized spacial score (nSPS) is 14.6. The van der Waals surface area contributed by atoms with Crippen molar-refractivity contribution in [3.8, 4) is 34.5 Å². The summed E-state index contributed by atoms with van der Waals surface area (Å²) in [6.07, 6.45) is 13.3. The van der Waals surface area contributed by atoms with E-state index in [2.05, 4.69) is 161 Å². The van der Waals surface area contributed by atoms with Crippen LogP contribution < -0.4 is 38.9 Å². The summed E-state index contributed by atoms with van der Waals surface area (Å²) >= 11 is 0. The van der Waals surface area contributed by atoms with Gasteiger partial charge in [0.25, 0.3) is 0 Å². The van der Waals surface area contributed by atoms with E-state index in [0.29, 0.717) is 39.6 Å². The highest BCUT2D eigenvalue weighted by Gasteiger charge is 2.38. The maximum atomic E-state index is 6.83. The van der Waals surface area contributed by atoms with E-state index in [1.165, 1.54) is 0 Å². The van der Waals surface area contributed by atoms with Crippen LogP contribution in [-0.4, -0.2) is 39.6 Å². The van der Waals surface area contributed by atoms with Crippen molar-refractivity contribution >= 4 is 22.9 Å². The number of hydrogen-bond donors (Lipinski definition) is 0. The first-order chi connectivity index (χ1) is 30.5. The lowest BCUT2D eigenvalue weighted by Crippen LogP contribution is -2.40. The highest BCUT2D eigenvalue weighted by Crippen LogP contribution is 2.41. The Morgan fingerprint density at radius 2 is 0.645 bits per heavy atom. The van der Waals surface area contributed by atoms with Crippen molar-refractivity contribution in [3.05, 3.63) is 154 Å². The van der Waals surface area contributed by atoms with Gasteiger partial charge in [-0.25, -0.2) is 0 Å². The largest absolute Gasteiger partial charge is 0.494 e. The molecule has 0 bridgehead atoms. The average molecular weight is 831 g/mol. The Kier molecular flexibility index (Phi) is 13.7. The van der Waals surface area contributed by atoms with Crippen LogP contribution in [0.15, 0.2) is 121 Å². The minimum absolute atomic E-state index is 0.456. The Morgan fingerprint density at radius 1 is 0.371 bits per heavy atom. The molecular formula is C56H62O6. The predicted octanol–water partition coefficient (Wildman–Crippen LogP) is 11.9. The van der Waals surface area contributed by atoms with Gasteiger partial charge in [-0.15, -0.1) is 0 Å². The Bertz CT molecular complexity index is 2220. The second-order valence-electron chi connectivity index (χ2n) is 16.8. The molecule has 6 aromatic carbocycles. The van der Waals surface area contributed by atoms with Crippen LogP contribution >= 0.6 is 0 Å². The molecule has 2 heterocycles. The van der Waals surface area contributed by atoms with Crippen molar-refractivity contribution < 1.29 is 28.4 Å². The molecule has 2 aliphatic rings. The van der Waals surface area contributed by atoms with Crippen LogP contribution in [0.2, 0.25) is 0 Å². The molecule has 0 amide bonds. The molecule has 0 aromatic heterocycles. The lowest BCUT2D eigenvalue weighted by atomic mass is 9.72. The number of benzene rings is 6. The van der Waals surface area contributed by atoms with Gasteiger partial charge in [-0.1, -0.05) is 114 Å². The van der Waals surface area contributed by atoms with Gasteiger partial charge in [0.2, 0.25) is 0 Å². The summed E-state index contributed by atoms with van der Waals surface area (Å²) in [6.45, 7) is 12.5. The number of hydrogen-bond acceptors (Lipinski definition) is 6. The minimum Gasteiger partial charge on any atom is -0.494 e. The van der Waals surface area contributed by atoms with Gasteiger partial charge in [0, 0.05) is 10.4 Å². The third-order valence-electron chi connectivity index (χ3n) is 12.4. The number of unbranched alkanes of at least 4 members (excludes halogenated alkanes) is 4. The molecular weight excluding hydrogens is 769 g/mol. The van der Waals surface area contributed by atoms with Gasteiger partial charge in [-0.05, 0) is 132 Å². The van der Waals surface area contributed by atoms with Gasteiger partial charge in [0.05, 0.1) is 37.3 Å². The standard InChI is InChI=1S/C56H62O6/c1-5-9-33-57-45-21-13-41(14-22-45)55(42-15-23-46(24-16-42)58-34-10-6-2)37-51-49-29-32-54-52(50(49)30-31-53(51)61-39-55)38-56(40-62-54,43-17-25-47(26-18-43)59-35-11-7-3)44-19-27-48(28-20-44)60-36-12-8-4/h13-32,37-38H,5-12,33-36,39-40H2,1-4H3. The van der Waals surface area contributed by atoms with E-state index in [1.807, 2.05) is 0 Å². The van der Waals surface area contributed by atoms with Crippen LogP contribution in [0.5, 0.6) is 34.5 Å². The molecule has 0 aliphatic carbocycles. The van der Waals surface area contributed by atoms with Crippen molar-refractivity contribution in [3.63, 3.8) is 0 Å². The van der Waals surface area contributed by atoms with Crippen molar-refractivity contribution in [2.45, 2.75) is 89.9 Å². The Balaban J connectivity index is 1.27. The number of fused-ring (bicyclic) bond motifs is 5. The van der Waals surface area contributed by atoms with E-state index in [9.17, 15) is 0 Å². The van der Waals surface area contributed by atoms with Crippen LogP contribution in [0.4, 0.5) is 0 Å². The summed E-state index contributed by atoms with van der Waals surface area (Å²) in [5.74, 6) is 5.25. The first-order valence-electron chi connectivity index (χ1n) is 23.0. The molecule has 322 valence electrons. The van der Waals surface area contributed by atoms with E-state index in [-0.39, 0.29) is 0 Å². The van der Waals surface area contributed by atoms with E-state index >= 15 is 0 Å². The van der Waals surface area contributed by atoms with Crippen molar-refractivity contribution in [2.24, 2.45) is 0 Å². The van der Waals surface area contributed by atoms with E-state index in [4.69, 9.17) is 28.4 Å². The van der Waals surface area contributed by atoms with E-state index in [0.717, 1.165) is 129 Å². The zero-order valence-electron chi connectivity index (χ0n) is 37.1. The fraction of sp³-hybridized carbons (Fsp3) is 0.357. The molecule has 2 aliphatic heterocycles. The monoisotopic (exact) mass is 830 g/mol. The van der Waals surface area contributed by atoms with Gasteiger partial charge in [-0.3, -0.25) is 0 Å². The molecule has 0 saturated carbocycles. The number of ether oxygens (including phenoxy) is 6.